The van der Waals surface area contributed by atoms with Crippen molar-refractivity contribution in [1.29, 1.82) is 0 Å². The lowest BCUT2D eigenvalue weighted by Gasteiger charge is -1.99. The third-order valence-corrected chi connectivity index (χ3v) is 1.27. The first kappa shape index (κ1) is 8.96. The number of nitrogens with one attached hydrogen (secondary N) is 1. The topological polar surface area (TPSA) is 78.8 Å². The van der Waals surface area contributed by atoms with Crippen LogP contribution in [0, 0.1) is 0 Å². The highest BCUT2D eigenvalue weighted by Crippen LogP contribution is 2.16. The number of benzene rings is 1. The quantitative estimate of drug-likeness (QED) is 0.534. The van der Waals surface area contributed by atoms with E-state index in [4.69, 9.17) is 5.11 Å². The van der Waals surface area contributed by atoms with Gasteiger partial charge in [-0.3, -0.25) is 5.32 Å². The number of hydrogen-bond acceptors (Lipinski definition) is 3. The Labute approximate surface area is 73.7 Å². The summed E-state index contributed by atoms with van der Waals surface area (Å²) in [6, 6.07) is 6.14. The lowest BCUT2D eigenvalue weighted by Crippen LogP contribution is -2.06. The van der Waals surface area contributed by atoms with E-state index >= 15 is 0 Å². The highest BCUT2D eigenvalue weighted by atomic mass is 16.4. The largest absolute Gasteiger partial charge is 0.465 e. The van der Waals surface area contributed by atoms with Gasteiger partial charge in [-0.05, 0) is 18.2 Å². The van der Waals surface area contributed by atoms with E-state index in [0.29, 0.717) is 11.4 Å². The summed E-state index contributed by atoms with van der Waals surface area (Å²) < 4.78 is 0. The number of nitrogens with zero attached hydrogens (tertiary/aromatic N) is 1. The second kappa shape index (κ2) is 4.04. The normalized spacial score (nSPS) is 8.62. The summed E-state index contributed by atoms with van der Waals surface area (Å²) >= 11 is 0. The van der Waals surface area contributed by atoms with Gasteiger partial charge >= 0.3 is 6.09 Å². The Bertz CT molecular complexity index is 369. The first-order chi connectivity index (χ1) is 6.22. The van der Waals surface area contributed by atoms with Crippen LogP contribution < -0.4 is 5.32 Å². The molecule has 1 rings (SSSR count). The summed E-state index contributed by atoms with van der Waals surface area (Å²) in [6.07, 6.45) is 0.204. The van der Waals surface area contributed by atoms with Gasteiger partial charge in [0.05, 0.1) is 5.69 Å². The smallest absolute Gasteiger partial charge is 0.409 e. The zero-order valence-electron chi connectivity index (χ0n) is 6.52. The SMILES string of the molecule is O=C=Nc1cccc(NC(=O)O)c1. The Kier molecular flexibility index (Phi) is 2.78. The van der Waals surface area contributed by atoms with Gasteiger partial charge in [0.2, 0.25) is 6.08 Å². The molecule has 0 aromatic heterocycles. The Morgan fingerprint density at radius 2 is 2.31 bits per heavy atom. The monoisotopic (exact) mass is 178 g/mol. The third kappa shape index (κ3) is 2.76. The van der Waals surface area contributed by atoms with Crippen LogP contribution in [0.3, 0.4) is 0 Å². The molecule has 2 N–H and O–H groups in total. The van der Waals surface area contributed by atoms with E-state index in [2.05, 4.69) is 10.3 Å². The Balaban J connectivity index is 2.91. The van der Waals surface area contributed by atoms with Crippen molar-refractivity contribution in [1.82, 2.24) is 0 Å². The van der Waals surface area contributed by atoms with Gasteiger partial charge in [-0.15, -0.1) is 0 Å². The van der Waals surface area contributed by atoms with Crippen molar-refractivity contribution >= 4 is 23.5 Å². The first-order valence-electron chi connectivity index (χ1n) is 3.40. The van der Waals surface area contributed by atoms with Crippen LogP contribution in [0.5, 0.6) is 0 Å². The minimum Gasteiger partial charge on any atom is -0.465 e. The molecule has 13 heavy (non-hydrogen) atoms. The number of carboxylic acid groups (broad SMARTS) is 1. The highest BCUT2D eigenvalue weighted by Gasteiger charge is 1.97. The molecule has 0 aliphatic heterocycles. The molecule has 0 spiro atoms. The molecule has 0 saturated carbocycles. The fraction of sp³-hybridized carbons (Fsp3) is 0. The molecule has 0 aliphatic rings. The second-order valence-electron chi connectivity index (χ2n) is 2.18. The number of carbonyl (C=O) groups is 1. The Hall–Kier alpha value is -2.13. The molecule has 1 amide bonds. The Morgan fingerprint density at radius 1 is 1.54 bits per heavy atom. The van der Waals surface area contributed by atoms with E-state index in [1.54, 1.807) is 18.2 Å². The van der Waals surface area contributed by atoms with Gasteiger partial charge in [0.25, 0.3) is 0 Å². The first-order valence-corrected chi connectivity index (χ1v) is 3.40. The van der Waals surface area contributed by atoms with Gasteiger partial charge < -0.3 is 5.11 Å². The Morgan fingerprint density at radius 3 is 2.92 bits per heavy atom. The van der Waals surface area contributed by atoms with Gasteiger partial charge in [-0.2, -0.15) is 4.99 Å². The molecule has 0 fully saturated rings. The molecule has 1 aromatic carbocycles. The standard InChI is InChI=1S/C8H6N2O3/c11-5-9-6-2-1-3-7(4-6)10-8(12)13/h1-4,10H,(H,12,13). The maximum atomic E-state index is 10.2. The zero-order chi connectivity index (χ0) is 9.68. The maximum Gasteiger partial charge on any atom is 0.409 e. The van der Waals surface area contributed by atoms with Crippen LogP contribution >= 0.6 is 0 Å². The van der Waals surface area contributed by atoms with Crippen molar-refractivity contribution in [2.24, 2.45) is 4.99 Å². The summed E-state index contributed by atoms with van der Waals surface area (Å²) in [5, 5.41) is 10.5. The number of isocyanates is 1. The number of rotatable bonds is 2. The fourth-order valence-electron chi connectivity index (χ4n) is 0.829. The predicted octanol–water partition coefficient (Wildman–Crippen LogP) is 1.74. The summed E-state index contributed by atoms with van der Waals surface area (Å²) in [5.74, 6) is 0. The van der Waals surface area contributed by atoms with Crippen molar-refractivity contribution < 1.29 is 14.7 Å². The third-order valence-electron chi connectivity index (χ3n) is 1.27. The number of carbonyl (C=O) groups excluding carboxylic acids is 1. The molecule has 1 aromatic rings. The molecule has 0 atom stereocenters. The van der Waals surface area contributed by atoms with Crippen LogP contribution in [0.1, 0.15) is 0 Å². The lowest BCUT2D eigenvalue weighted by atomic mass is 10.3. The van der Waals surface area contributed by atoms with Crippen molar-refractivity contribution in [3.63, 3.8) is 0 Å². The summed E-state index contributed by atoms with van der Waals surface area (Å²) in [7, 11) is 0. The molecule has 5 nitrogen and oxygen atoms in total. The van der Waals surface area contributed by atoms with Crippen LogP contribution in [0.25, 0.3) is 0 Å². The van der Waals surface area contributed by atoms with Crippen molar-refractivity contribution in [3.8, 4) is 0 Å². The second-order valence-corrected chi connectivity index (χ2v) is 2.18. The van der Waals surface area contributed by atoms with Crippen molar-refractivity contribution in [2.45, 2.75) is 0 Å². The number of aliphatic imine (C=N–C) groups is 1. The van der Waals surface area contributed by atoms with Gasteiger partial charge in [0.1, 0.15) is 0 Å². The molecule has 0 bridgehead atoms. The van der Waals surface area contributed by atoms with Gasteiger partial charge in [-0.25, -0.2) is 9.59 Å². The summed E-state index contributed by atoms with van der Waals surface area (Å²) in [4.78, 5) is 23.4. The van der Waals surface area contributed by atoms with Gasteiger partial charge in [0.15, 0.2) is 0 Å². The zero-order valence-corrected chi connectivity index (χ0v) is 6.52. The average Bonchev–Trinajstić information content (AvgIpc) is 2.04. The van der Waals surface area contributed by atoms with Crippen molar-refractivity contribution in [2.75, 3.05) is 5.32 Å². The summed E-state index contributed by atoms with van der Waals surface area (Å²) in [6.45, 7) is 0. The van der Waals surface area contributed by atoms with E-state index < -0.39 is 6.09 Å². The summed E-state index contributed by atoms with van der Waals surface area (Å²) in [5.41, 5.74) is 0.727. The van der Waals surface area contributed by atoms with E-state index in [-0.39, 0.29) is 0 Å². The van der Waals surface area contributed by atoms with E-state index in [1.165, 1.54) is 12.1 Å². The molecule has 0 radical (unpaired) electrons. The molecule has 0 aliphatic carbocycles. The number of amides is 1. The molecule has 66 valence electrons. The van der Waals surface area contributed by atoms with Gasteiger partial charge in [0, 0.05) is 5.69 Å². The van der Waals surface area contributed by atoms with Crippen LogP contribution in [-0.2, 0) is 4.79 Å². The fourth-order valence-corrected chi connectivity index (χ4v) is 0.829. The number of anilines is 1. The molecule has 5 heteroatoms. The predicted molar refractivity (Wildman–Crippen MR) is 45.9 cm³/mol. The van der Waals surface area contributed by atoms with Crippen LogP contribution in [0.2, 0.25) is 0 Å². The molecular weight excluding hydrogens is 172 g/mol. The van der Waals surface area contributed by atoms with E-state index in [0.717, 1.165) is 0 Å². The van der Waals surface area contributed by atoms with Crippen molar-refractivity contribution in [3.05, 3.63) is 24.3 Å². The van der Waals surface area contributed by atoms with Crippen LogP contribution in [-0.4, -0.2) is 17.3 Å². The minimum atomic E-state index is -1.16. The maximum absolute atomic E-state index is 10.2. The molecule has 0 heterocycles. The van der Waals surface area contributed by atoms with E-state index in [1.807, 2.05) is 0 Å². The molecular formula is C8H6N2O3. The molecule has 0 unspecified atom stereocenters. The minimum absolute atomic E-state index is 0.362. The van der Waals surface area contributed by atoms with Crippen LogP contribution in [0.4, 0.5) is 16.2 Å². The molecule has 0 saturated heterocycles. The average molecular weight is 178 g/mol. The number of hydrogen-bond donors (Lipinski definition) is 2. The highest BCUT2D eigenvalue weighted by molar-refractivity contribution is 5.83. The van der Waals surface area contributed by atoms with E-state index in [9.17, 15) is 9.59 Å². The lowest BCUT2D eigenvalue weighted by molar-refractivity contribution is 0.210. The van der Waals surface area contributed by atoms with Gasteiger partial charge in [-0.1, -0.05) is 6.07 Å². The van der Waals surface area contributed by atoms with Crippen LogP contribution in [0.15, 0.2) is 29.3 Å².